The highest BCUT2D eigenvalue weighted by Crippen LogP contribution is 2.11. The molecule has 1 N–H and O–H groups in total. The predicted octanol–water partition coefficient (Wildman–Crippen LogP) is 2.47. The second kappa shape index (κ2) is 7.84. The number of carbonyl (C=O) groups excluding carboxylic acids is 3. The van der Waals surface area contributed by atoms with Gasteiger partial charge in [-0.25, -0.2) is 4.79 Å². The Kier molecular flexibility index (Phi) is 5.57. The van der Waals surface area contributed by atoms with E-state index >= 15 is 0 Å². The van der Waals surface area contributed by atoms with E-state index < -0.39 is 5.97 Å². The number of pyridine rings is 1. The molecule has 0 bridgehead atoms. The quantitative estimate of drug-likeness (QED) is 0.654. The van der Waals surface area contributed by atoms with E-state index in [1.54, 1.807) is 42.6 Å². The molecule has 0 atom stereocenters. The number of esters is 1. The zero-order chi connectivity index (χ0) is 16.7. The van der Waals surface area contributed by atoms with Crippen LogP contribution in [0.4, 0.5) is 5.69 Å². The predicted molar refractivity (Wildman–Crippen MR) is 84.2 cm³/mol. The monoisotopic (exact) mass is 312 g/mol. The Labute approximate surface area is 133 Å². The summed E-state index contributed by atoms with van der Waals surface area (Å²) in [5.74, 6) is -0.840. The van der Waals surface area contributed by atoms with E-state index in [1.807, 2.05) is 0 Å². The van der Waals surface area contributed by atoms with Crippen molar-refractivity contribution in [3.63, 3.8) is 0 Å². The molecule has 2 aromatic rings. The van der Waals surface area contributed by atoms with Gasteiger partial charge in [0.15, 0.2) is 5.78 Å². The highest BCUT2D eigenvalue weighted by atomic mass is 16.5. The van der Waals surface area contributed by atoms with Crippen molar-refractivity contribution >= 4 is 23.3 Å². The number of ketones is 1. The van der Waals surface area contributed by atoms with E-state index in [-0.39, 0.29) is 24.5 Å². The van der Waals surface area contributed by atoms with Crippen LogP contribution in [0.25, 0.3) is 0 Å². The summed E-state index contributed by atoms with van der Waals surface area (Å²) < 4.78 is 4.60. The van der Waals surface area contributed by atoms with Gasteiger partial charge in [0.2, 0.25) is 5.91 Å². The molecular formula is C17H16N2O4. The van der Waals surface area contributed by atoms with Gasteiger partial charge in [0.05, 0.1) is 12.7 Å². The fourth-order valence-corrected chi connectivity index (χ4v) is 1.93. The maximum Gasteiger partial charge on any atom is 0.337 e. The minimum absolute atomic E-state index is 0.0759. The van der Waals surface area contributed by atoms with Crippen LogP contribution < -0.4 is 5.32 Å². The molecule has 6 heteroatoms. The van der Waals surface area contributed by atoms with Gasteiger partial charge >= 0.3 is 5.97 Å². The molecule has 23 heavy (non-hydrogen) atoms. The third kappa shape index (κ3) is 4.74. The van der Waals surface area contributed by atoms with Crippen molar-refractivity contribution in [2.24, 2.45) is 0 Å². The number of aromatic nitrogens is 1. The van der Waals surface area contributed by atoms with E-state index in [0.717, 1.165) is 0 Å². The summed E-state index contributed by atoms with van der Waals surface area (Å²) in [5, 5.41) is 2.67. The second-order valence-electron chi connectivity index (χ2n) is 4.78. The molecule has 0 unspecified atom stereocenters. The molecule has 1 aromatic carbocycles. The number of amides is 1. The zero-order valence-electron chi connectivity index (χ0n) is 12.6. The van der Waals surface area contributed by atoms with Crippen LogP contribution in [0.15, 0.2) is 48.8 Å². The first kappa shape index (κ1) is 16.4. The summed E-state index contributed by atoms with van der Waals surface area (Å²) in [7, 11) is 1.30. The number of ether oxygens (including phenoxy) is 1. The number of hydrogen-bond acceptors (Lipinski definition) is 5. The molecule has 0 fully saturated rings. The fourth-order valence-electron chi connectivity index (χ4n) is 1.93. The molecule has 2 rings (SSSR count). The number of carbonyl (C=O) groups is 3. The van der Waals surface area contributed by atoms with Gasteiger partial charge in [-0.05, 0) is 36.4 Å². The zero-order valence-corrected chi connectivity index (χ0v) is 12.6. The third-order valence-corrected chi connectivity index (χ3v) is 3.15. The van der Waals surface area contributed by atoms with Gasteiger partial charge in [0.25, 0.3) is 0 Å². The van der Waals surface area contributed by atoms with Gasteiger partial charge in [-0.3, -0.25) is 14.6 Å². The molecule has 0 aliphatic carbocycles. The van der Waals surface area contributed by atoms with Crippen LogP contribution in [-0.2, 0) is 9.53 Å². The number of methoxy groups -OCH3 is 1. The van der Waals surface area contributed by atoms with Crippen molar-refractivity contribution in [1.29, 1.82) is 0 Å². The fraction of sp³-hybridized carbons (Fsp3) is 0.176. The smallest absolute Gasteiger partial charge is 0.337 e. The maximum absolute atomic E-state index is 11.9. The second-order valence-corrected chi connectivity index (χ2v) is 4.78. The van der Waals surface area contributed by atoms with Crippen LogP contribution in [0.5, 0.6) is 0 Å². The van der Waals surface area contributed by atoms with E-state index in [2.05, 4.69) is 15.0 Å². The molecule has 0 radical (unpaired) electrons. The van der Waals surface area contributed by atoms with Crippen molar-refractivity contribution in [2.75, 3.05) is 12.4 Å². The number of nitrogens with one attached hydrogen (secondary N) is 1. The first-order valence-electron chi connectivity index (χ1n) is 7.01. The van der Waals surface area contributed by atoms with Crippen LogP contribution >= 0.6 is 0 Å². The Hall–Kier alpha value is -3.02. The van der Waals surface area contributed by atoms with Crippen LogP contribution in [-0.4, -0.2) is 29.8 Å². The number of nitrogens with zero attached hydrogens (tertiary/aromatic N) is 1. The summed E-state index contributed by atoms with van der Waals surface area (Å²) in [6.45, 7) is 0. The molecule has 0 saturated heterocycles. The maximum atomic E-state index is 11.9. The lowest BCUT2D eigenvalue weighted by molar-refractivity contribution is -0.116. The van der Waals surface area contributed by atoms with Gasteiger partial charge in [0.1, 0.15) is 0 Å². The first-order chi connectivity index (χ1) is 11.1. The molecule has 1 aromatic heterocycles. The summed E-state index contributed by atoms with van der Waals surface area (Å²) in [6, 6.07) is 9.67. The van der Waals surface area contributed by atoms with E-state index in [1.165, 1.54) is 13.3 Å². The van der Waals surface area contributed by atoms with Gasteiger partial charge in [-0.2, -0.15) is 0 Å². The van der Waals surface area contributed by atoms with Crippen LogP contribution in [0.1, 0.15) is 33.6 Å². The highest BCUT2D eigenvalue weighted by molar-refractivity contribution is 6.00. The Morgan fingerprint density at radius 2 is 1.78 bits per heavy atom. The highest BCUT2D eigenvalue weighted by Gasteiger charge is 2.10. The molecule has 0 saturated carbocycles. The van der Waals surface area contributed by atoms with Crippen LogP contribution in [0, 0.1) is 0 Å². The molecule has 0 aliphatic rings. The van der Waals surface area contributed by atoms with Crippen molar-refractivity contribution in [2.45, 2.75) is 12.8 Å². The normalized spacial score (nSPS) is 9.96. The molecule has 0 aliphatic heterocycles. The summed E-state index contributed by atoms with van der Waals surface area (Å²) in [5.41, 5.74) is 1.44. The van der Waals surface area contributed by atoms with Gasteiger partial charge in [-0.1, -0.05) is 0 Å². The average Bonchev–Trinajstić information content (AvgIpc) is 2.60. The number of rotatable bonds is 6. The van der Waals surface area contributed by atoms with Crippen molar-refractivity contribution in [1.82, 2.24) is 4.98 Å². The van der Waals surface area contributed by atoms with Gasteiger partial charge in [-0.15, -0.1) is 0 Å². The first-order valence-corrected chi connectivity index (χ1v) is 7.01. The Morgan fingerprint density at radius 3 is 2.39 bits per heavy atom. The molecule has 0 spiro atoms. The molecule has 1 heterocycles. The molecule has 1 amide bonds. The van der Waals surface area contributed by atoms with Gasteiger partial charge in [0, 0.05) is 36.5 Å². The molecular weight excluding hydrogens is 296 g/mol. The lowest BCUT2D eigenvalue weighted by Gasteiger charge is -2.06. The average molecular weight is 312 g/mol. The number of hydrogen-bond donors (Lipinski definition) is 1. The van der Waals surface area contributed by atoms with E-state index in [0.29, 0.717) is 16.8 Å². The van der Waals surface area contributed by atoms with Crippen molar-refractivity contribution < 1.29 is 19.1 Å². The minimum atomic E-state index is -0.440. The van der Waals surface area contributed by atoms with Crippen molar-refractivity contribution in [3.05, 3.63) is 59.9 Å². The SMILES string of the molecule is COC(=O)c1ccc(NC(=O)CCC(=O)c2cccnc2)cc1. The lowest BCUT2D eigenvalue weighted by atomic mass is 10.1. The minimum Gasteiger partial charge on any atom is -0.465 e. The summed E-state index contributed by atoms with van der Waals surface area (Å²) in [6.07, 6.45) is 3.25. The van der Waals surface area contributed by atoms with E-state index in [9.17, 15) is 14.4 Å². The standard InChI is InChI=1S/C17H16N2O4/c1-23-17(22)12-4-6-14(7-5-12)19-16(21)9-8-15(20)13-3-2-10-18-11-13/h2-7,10-11H,8-9H2,1H3,(H,19,21). The Balaban J connectivity index is 1.85. The van der Waals surface area contributed by atoms with Crippen LogP contribution in [0.3, 0.4) is 0 Å². The topological polar surface area (TPSA) is 85.4 Å². The Morgan fingerprint density at radius 1 is 1.04 bits per heavy atom. The van der Waals surface area contributed by atoms with Crippen molar-refractivity contribution in [3.8, 4) is 0 Å². The molecule has 6 nitrogen and oxygen atoms in total. The number of benzene rings is 1. The summed E-state index contributed by atoms with van der Waals surface area (Å²) >= 11 is 0. The lowest BCUT2D eigenvalue weighted by Crippen LogP contribution is -2.13. The largest absolute Gasteiger partial charge is 0.465 e. The van der Waals surface area contributed by atoms with Crippen LogP contribution in [0.2, 0.25) is 0 Å². The number of anilines is 1. The van der Waals surface area contributed by atoms with Gasteiger partial charge < -0.3 is 10.1 Å². The molecule has 118 valence electrons. The summed E-state index contributed by atoms with van der Waals surface area (Å²) in [4.78, 5) is 38.9. The number of Topliss-reactive ketones (excluding diaryl/α,β-unsaturated/α-hetero) is 1. The van der Waals surface area contributed by atoms with E-state index in [4.69, 9.17) is 0 Å². The Bertz CT molecular complexity index is 696. The third-order valence-electron chi connectivity index (χ3n) is 3.15.